The normalized spacial score (nSPS) is 19.6. The summed E-state index contributed by atoms with van der Waals surface area (Å²) < 4.78 is 5.14. The van der Waals surface area contributed by atoms with Crippen LogP contribution in [0.4, 0.5) is 0 Å². The maximum absolute atomic E-state index is 6.36. The Kier molecular flexibility index (Phi) is 6.86. The SMILES string of the molecule is CN=C(NC1=CCC(C)C(C)=C1)c1ncc(/C(C)=C(Cl)/C=C(\C)OC)[nH]1. The van der Waals surface area contributed by atoms with Gasteiger partial charge in [-0.05, 0) is 50.8 Å². The Morgan fingerprint density at radius 1 is 1.46 bits per heavy atom. The summed E-state index contributed by atoms with van der Waals surface area (Å²) in [5.41, 5.74) is 4.13. The molecule has 6 heteroatoms. The standard InChI is InChI=1S/C20H27ClN4O/c1-12-7-8-16(9-13(12)2)24-19(22-5)20-23-11-18(25-20)15(4)17(21)10-14(3)26-6/h8-12H,7H2,1-6H3,(H,22,24)(H,23,25)/b14-10+,17-15-. The number of aromatic nitrogens is 2. The molecular weight excluding hydrogens is 348 g/mol. The van der Waals surface area contributed by atoms with Gasteiger partial charge < -0.3 is 15.0 Å². The number of amidine groups is 1. The highest BCUT2D eigenvalue weighted by molar-refractivity contribution is 6.34. The predicted octanol–water partition coefficient (Wildman–Crippen LogP) is 4.77. The van der Waals surface area contributed by atoms with Crippen molar-refractivity contribution in [3.05, 3.63) is 58.0 Å². The van der Waals surface area contributed by atoms with Crippen molar-refractivity contribution in [2.24, 2.45) is 10.9 Å². The van der Waals surface area contributed by atoms with Gasteiger partial charge in [0.25, 0.3) is 0 Å². The van der Waals surface area contributed by atoms with Crippen molar-refractivity contribution in [3.63, 3.8) is 0 Å². The summed E-state index contributed by atoms with van der Waals surface area (Å²) in [7, 11) is 3.36. The first-order valence-corrected chi connectivity index (χ1v) is 9.00. The minimum atomic E-state index is 0.580. The molecule has 2 N–H and O–H groups in total. The molecule has 0 aromatic carbocycles. The molecule has 0 bridgehead atoms. The minimum absolute atomic E-state index is 0.580. The lowest BCUT2D eigenvalue weighted by molar-refractivity contribution is 0.293. The highest BCUT2D eigenvalue weighted by Crippen LogP contribution is 2.23. The van der Waals surface area contributed by atoms with Crippen molar-refractivity contribution in [1.82, 2.24) is 15.3 Å². The van der Waals surface area contributed by atoms with Gasteiger partial charge in [0.2, 0.25) is 0 Å². The van der Waals surface area contributed by atoms with Gasteiger partial charge in [0.1, 0.15) is 0 Å². The smallest absolute Gasteiger partial charge is 0.173 e. The van der Waals surface area contributed by atoms with Crippen LogP contribution in [0.3, 0.4) is 0 Å². The quantitative estimate of drug-likeness (QED) is 0.338. The van der Waals surface area contributed by atoms with E-state index < -0.39 is 0 Å². The fourth-order valence-electron chi connectivity index (χ4n) is 2.49. The fraction of sp³-hybridized carbons (Fsp3) is 0.400. The molecule has 1 aliphatic carbocycles. The molecule has 2 rings (SSSR count). The average molecular weight is 375 g/mol. The number of imidazole rings is 1. The van der Waals surface area contributed by atoms with Crippen molar-refractivity contribution >= 4 is 23.0 Å². The van der Waals surface area contributed by atoms with Crippen LogP contribution < -0.4 is 5.32 Å². The predicted molar refractivity (Wildman–Crippen MR) is 109 cm³/mol. The Hall–Kier alpha value is -2.27. The first-order valence-electron chi connectivity index (χ1n) is 8.62. The van der Waals surface area contributed by atoms with Crippen LogP contribution >= 0.6 is 11.6 Å². The molecule has 26 heavy (non-hydrogen) atoms. The summed E-state index contributed by atoms with van der Waals surface area (Å²) in [6.45, 7) is 8.17. The van der Waals surface area contributed by atoms with E-state index in [1.165, 1.54) is 5.57 Å². The maximum atomic E-state index is 6.36. The molecule has 0 fully saturated rings. The summed E-state index contributed by atoms with van der Waals surface area (Å²) in [6, 6.07) is 0. The molecule has 1 aromatic heterocycles. The molecule has 0 amide bonds. The lowest BCUT2D eigenvalue weighted by Gasteiger charge is -2.18. The number of allylic oxidation sites excluding steroid dienone is 7. The lowest BCUT2D eigenvalue weighted by atomic mass is 9.93. The molecule has 1 aliphatic rings. The average Bonchev–Trinajstić information content (AvgIpc) is 3.11. The van der Waals surface area contributed by atoms with Gasteiger partial charge in [-0.15, -0.1) is 0 Å². The van der Waals surface area contributed by atoms with Gasteiger partial charge in [-0.3, -0.25) is 4.99 Å². The second-order valence-electron chi connectivity index (χ2n) is 6.46. The molecule has 1 atom stereocenters. The van der Waals surface area contributed by atoms with E-state index in [9.17, 15) is 0 Å². The highest BCUT2D eigenvalue weighted by Gasteiger charge is 2.14. The van der Waals surface area contributed by atoms with Crippen LogP contribution in [0.1, 0.15) is 45.6 Å². The van der Waals surface area contributed by atoms with Crippen LogP contribution in [0.15, 0.2) is 51.5 Å². The third-order valence-electron chi connectivity index (χ3n) is 4.55. The van der Waals surface area contributed by atoms with E-state index in [1.807, 2.05) is 13.8 Å². The van der Waals surface area contributed by atoms with Gasteiger partial charge in [0.15, 0.2) is 11.7 Å². The Morgan fingerprint density at radius 2 is 2.19 bits per heavy atom. The van der Waals surface area contributed by atoms with E-state index in [0.29, 0.717) is 22.6 Å². The molecule has 1 aromatic rings. The van der Waals surface area contributed by atoms with Crippen LogP contribution in [-0.4, -0.2) is 30.0 Å². The summed E-state index contributed by atoms with van der Waals surface area (Å²) in [5.74, 6) is 2.68. The number of aromatic amines is 1. The summed E-state index contributed by atoms with van der Waals surface area (Å²) >= 11 is 6.36. The number of nitrogens with one attached hydrogen (secondary N) is 2. The van der Waals surface area contributed by atoms with Crippen LogP contribution in [0.2, 0.25) is 0 Å². The molecule has 0 spiro atoms. The van der Waals surface area contributed by atoms with E-state index in [0.717, 1.165) is 29.1 Å². The van der Waals surface area contributed by atoms with Gasteiger partial charge in [-0.1, -0.05) is 30.2 Å². The van der Waals surface area contributed by atoms with Crippen molar-refractivity contribution in [2.75, 3.05) is 14.2 Å². The molecular formula is C20H27ClN4O. The van der Waals surface area contributed by atoms with Crippen molar-refractivity contribution in [3.8, 4) is 0 Å². The van der Waals surface area contributed by atoms with Crippen molar-refractivity contribution < 1.29 is 4.74 Å². The first kappa shape index (κ1) is 20.0. The number of halogens is 1. The minimum Gasteiger partial charge on any atom is -0.501 e. The zero-order chi connectivity index (χ0) is 19.3. The van der Waals surface area contributed by atoms with Crippen LogP contribution in [-0.2, 0) is 4.74 Å². The molecule has 140 valence electrons. The Bertz CT molecular complexity index is 812. The van der Waals surface area contributed by atoms with Crippen LogP contribution in [0.25, 0.3) is 5.57 Å². The molecule has 5 nitrogen and oxygen atoms in total. The number of aliphatic imine (C=N–C) groups is 1. The fourth-order valence-corrected chi connectivity index (χ4v) is 2.74. The third kappa shape index (κ3) is 4.88. The van der Waals surface area contributed by atoms with Gasteiger partial charge in [-0.25, -0.2) is 4.98 Å². The second kappa shape index (κ2) is 8.90. The highest BCUT2D eigenvalue weighted by atomic mass is 35.5. The molecule has 0 radical (unpaired) electrons. The van der Waals surface area contributed by atoms with Gasteiger partial charge in [0.05, 0.1) is 24.8 Å². The van der Waals surface area contributed by atoms with E-state index >= 15 is 0 Å². The largest absolute Gasteiger partial charge is 0.501 e. The monoisotopic (exact) mass is 374 g/mol. The zero-order valence-electron chi connectivity index (χ0n) is 16.3. The Labute approximate surface area is 160 Å². The number of hydrogen-bond donors (Lipinski definition) is 2. The lowest BCUT2D eigenvalue weighted by Crippen LogP contribution is -2.25. The summed E-state index contributed by atoms with van der Waals surface area (Å²) in [5, 5.41) is 3.96. The number of methoxy groups -OCH3 is 1. The van der Waals surface area contributed by atoms with Gasteiger partial charge in [0, 0.05) is 17.8 Å². The molecule has 0 saturated heterocycles. The molecule has 1 unspecified atom stereocenters. The van der Waals surface area contributed by atoms with Crippen molar-refractivity contribution in [1.29, 1.82) is 0 Å². The van der Waals surface area contributed by atoms with Crippen molar-refractivity contribution in [2.45, 2.75) is 34.1 Å². The van der Waals surface area contributed by atoms with Crippen LogP contribution in [0, 0.1) is 5.92 Å². The number of rotatable bonds is 5. The van der Waals surface area contributed by atoms with E-state index in [2.05, 4.69) is 46.3 Å². The second-order valence-corrected chi connectivity index (χ2v) is 6.87. The third-order valence-corrected chi connectivity index (χ3v) is 4.95. The number of ether oxygens (including phenoxy) is 1. The van der Waals surface area contributed by atoms with E-state index in [1.54, 1.807) is 26.4 Å². The first-order chi connectivity index (χ1) is 12.3. The Balaban J connectivity index is 2.21. The zero-order valence-corrected chi connectivity index (χ0v) is 17.0. The summed E-state index contributed by atoms with van der Waals surface area (Å²) in [4.78, 5) is 12.1. The Morgan fingerprint density at radius 3 is 2.81 bits per heavy atom. The summed E-state index contributed by atoms with van der Waals surface area (Å²) in [6.07, 6.45) is 8.91. The maximum Gasteiger partial charge on any atom is 0.173 e. The van der Waals surface area contributed by atoms with Crippen LogP contribution in [0.5, 0.6) is 0 Å². The molecule has 0 aliphatic heterocycles. The van der Waals surface area contributed by atoms with E-state index in [-0.39, 0.29) is 0 Å². The number of hydrogen-bond acceptors (Lipinski definition) is 3. The van der Waals surface area contributed by atoms with Gasteiger partial charge in [-0.2, -0.15) is 0 Å². The molecule has 0 saturated carbocycles. The topological polar surface area (TPSA) is 62.3 Å². The van der Waals surface area contributed by atoms with E-state index in [4.69, 9.17) is 16.3 Å². The number of H-pyrrole nitrogens is 1. The molecule has 1 heterocycles. The van der Waals surface area contributed by atoms with Gasteiger partial charge >= 0.3 is 0 Å². The number of nitrogens with zero attached hydrogens (tertiary/aromatic N) is 2.